The van der Waals surface area contributed by atoms with Crippen LogP contribution in [0.25, 0.3) is 0 Å². The van der Waals surface area contributed by atoms with Gasteiger partial charge in [-0.25, -0.2) is 8.78 Å². The van der Waals surface area contributed by atoms with Crippen LogP contribution in [0.1, 0.15) is 25.7 Å². The van der Waals surface area contributed by atoms with Crippen LogP contribution in [0.2, 0.25) is 0 Å². The number of amides is 1. The quantitative estimate of drug-likeness (QED) is 0.853. The lowest BCUT2D eigenvalue weighted by Gasteiger charge is -2.33. The van der Waals surface area contributed by atoms with Crippen LogP contribution < -0.4 is 5.32 Å². The molecule has 1 amide bonds. The Labute approximate surface area is 131 Å². The molecular weight excluding hydrogens is 300 g/mol. The van der Waals surface area contributed by atoms with Crippen LogP contribution in [0.5, 0.6) is 0 Å². The van der Waals surface area contributed by atoms with Crippen molar-refractivity contribution >= 4 is 18.3 Å². The lowest BCUT2D eigenvalue weighted by Crippen LogP contribution is -2.49. The third kappa shape index (κ3) is 6.04. The molecule has 124 valence electrons. The van der Waals surface area contributed by atoms with Gasteiger partial charge in [-0.2, -0.15) is 0 Å². The summed E-state index contributed by atoms with van der Waals surface area (Å²) in [5, 5.41) is 3.21. The van der Waals surface area contributed by atoms with Gasteiger partial charge in [-0.15, -0.1) is 12.4 Å². The van der Waals surface area contributed by atoms with E-state index >= 15 is 0 Å². The van der Waals surface area contributed by atoms with Crippen molar-refractivity contribution in [2.75, 3.05) is 46.3 Å². The van der Waals surface area contributed by atoms with Crippen LogP contribution >= 0.6 is 12.4 Å². The third-order valence-corrected chi connectivity index (χ3v) is 4.19. The molecule has 2 fully saturated rings. The van der Waals surface area contributed by atoms with Crippen LogP contribution in [0.4, 0.5) is 8.78 Å². The van der Waals surface area contributed by atoms with Gasteiger partial charge in [-0.3, -0.25) is 9.69 Å². The molecule has 0 aromatic carbocycles. The third-order valence-electron chi connectivity index (χ3n) is 4.19. The van der Waals surface area contributed by atoms with Crippen molar-refractivity contribution in [1.29, 1.82) is 0 Å². The number of carbonyl (C=O) groups is 1. The molecule has 1 aliphatic carbocycles. The number of nitrogens with one attached hydrogen (secondary N) is 1. The molecule has 21 heavy (non-hydrogen) atoms. The molecule has 1 atom stereocenters. The summed E-state index contributed by atoms with van der Waals surface area (Å²) < 4.78 is 26.7. The number of alkyl halides is 2. The van der Waals surface area contributed by atoms with E-state index in [-0.39, 0.29) is 37.1 Å². The number of rotatable bonds is 4. The zero-order valence-corrected chi connectivity index (χ0v) is 13.4. The molecule has 1 saturated carbocycles. The van der Waals surface area contributed by atoms with E-state index in [1.54, 1.807) is 0 Å². The summed E-state index contributed by atoms with van der Waals surface area (Å²) >= 11 is 0. The number of carbonyl (C=O) groups excluding carboxylic acids is 1. The lowest BCUT2D eigenvalue weighted by molar-refractivity contribution is -0.133. The second kappa shape index (κ2) is 8.25. The highest BCUT2D eigenvalue weighted by Crippen LogP contribution is 2.36. The SMILES string of the molecule is CN(CC(=O)N1CCNCC1)CC1CCCC(F)(F)C1.Cl. The Morgan fingerprint density at radius 3 is 2.67 bits per heavy atom. The minimum Gasteiger partial charge on any atom is -0.339 e. The average molecular weight is 326 g/mol. The Morgan fingerprint density at radius 1 is 1.38 bits per heavy atom. The normalized spacial score (nSPS) is 25.5. The molecule has 1 saturated heterocycles. The van der Waals surface area contributed by atoms with Crippen LogP contribution in [0.15, 0.2) is 0 Å². The predicted molar refractivity (Wildman–Crippen MR) is 81.1 cm³/mol. The van der Waals surface area contributed by atoms with Gasteiger partial charge in [0.15, 0.2) is 0 Å². The van der Waals surface area contributed by atoms with Crippen molar-refractivity contribution in [1.82, 2.24) is 15.1 Å². The molecule has 1 heterocycles. The van der Waals surface area contributed by atoms with E-state index in [4.69, 9.17) is 0 Å². The van der Waals surface area contributed by atoms with Gasteiger partial charge in [-0.05, 0) is 25.8 Å². The number of halogens is 3. The second-order valence-electron chi connectivity index (χ2n) is 6.15. The van der Waals surface area contributed by atoms with Gasteiger partial charge in [0.2, 0.25) is 11.8 Å². The van der Waals surface area contributed by atoms with Gasteiger partial charge in [0.25, 0.3) is 0 Å². The minimum absolute atomic E-state index is 0. The molecule has 0 radical (unpaired) electrons. The maximum absolute atomic E-state index is 13.4. The lowest BCUT2D eigenvalue weighted by atomic mass is 9.86. The fraction of sp³-hybridized carbons (Fsp3) is 0.929. The van der Waals surface area contributed by atoms with E-state index < -0.39 is 5.92 Å². The first-order valence-electron chi connectivity index (χ1n) is 7.51. The molecule has 1 unspecified atom stereocenters. The first-order valence-corrected chi connectivity index (χ1v) is 7.51. The Kier molecular flexibility index (Phi) is 7.30. The Morgan fingerprint density at radius 2 is 2.05 bits per heavy atom. The van der Waals surface area contributed by atoms with E-state index in [1.807, 2.05) is 16.8 Å². The van der Waals surface area contributed by atoms with Gasteiger partial charge in [0.05, 0.1) is 6.54 Å². The monoisotopic (exact) mass is 325 g/mol. The highest BCUT2D eigenvalue weighted by molar-refractivity contribution is 5.85. The fourth-order valence-corrected chi connectivity index (χ4v) is 3.18. The highest BCUT2D eigenvalue weighted by atomic mass is 35.5. The minimum atomic E-state index is -2.51. The number of piperazine rings is 1. The van der Waals surface area contributed by atoms with E-state index in [0.717, 1.165) is 32.6 Å². The summed E-state index contributed by atoms with van der Waals surface area (Å²) in [6, 6.07) is 0. The summed E-state index contributed by atoms with van der Waals surface area (Å²) in [4.78, 5) is 15.8. The molecular formula is C14H26ClF2N3O. The van der Waals surface area contributed by atoms with E-state index in [0.29, 0.717) is 19.5 Å². The summed E-state index contributed by atoms with van der Waals surface area (Å²) in [5.41, 5.74) is 0. The number of likely N-dealkylation sites (N-methyl/N-ethyl adjacent to an activating group) is 1. The van der Waals surface area contributed by atoms with Crippen LogP contribution in [-0.2, 0) is 4.79 Å². The van der Waals surface area contributed by atoms with Gasteiger partial charge >= 0.3 is 0 Å². The van der Waals surface area contributed by atoms with Crippen molar-refractivity contribution < 1.29 is 13.6 Å². The topological polar surface area (TPSA) is 35.6 Å². The average Bonchev–Trinajstić information content (AvgIpc) is 2.38. The number of hydrogen-bond acceptors (Lipinski definition) is 3. The van der Waals surface area contributed by atoms with E-state index in [9.17, 15) is 13.6 Å². The first kappa shape index (κ1) is 18.6. The molecule has 7 heteroatoms. The van der Waals surface area contributed by atoms with Gasteiger partial charge in [-0.1, -0.05) is 0 Å². The van der Waals surface area contributed by atoms with E-state index in [1.165, 1.54) is 0 Å². The molecule has 0 spiro atoms. The maximum Gasteiger partial charge on any atom is 0.248 e. The Balaban J connectivity index is 0.00000220. The molecule has 2 rings (SSSR count). The predicted octanol–water partition coefficient (Wildman–Crippen LogP) is 1.60. The molecule has 2 aliphatic rings. The molecule has 4 nitrogen and oxygen atoms in total. The van der Waals surface area contributed by atoms with Crippen molar-refractivity contribution in [3.63, 3.8) is 0 Å². The first-order chi connectivity index (χ1) is 9.46. The Bertz CT molecular complexity index is 338. The zero-order valence-electron chi connectivity index (χ0n) is 12.6. The zero-order chi connectivity index (χ0) is 14.6. The van der Waals surface area contributed by atoms with Gasteiger partial charge in [0.1, 0.15) is 0 Å². The summed E-state index contributed by atoms with van der Waals surface area (Å²) in [6.07, 6.45) is 1.44. The van der Waals surface area contributed by atoms with Crippen molar-refractivity contribution in [3.8, 4) is 0 Å². The standard InChI is InChI=1S/C14H25F2N3O.ClH/c1-18(10-12-3-2-4-14(15,16)9-12)11-13(20)19-7-5-17-6-8-19;/h12,17H,2-11H2,1H3;1H. The van der Waals surface area contributed by atoms with Gasteiger partial charge in [0, 0.05) is 45.6 Å². The van der Waals surface area contributed by atoms with Crippen LogP contribution in [0, 0.1) is 5.92 Å². The smallest absolute Gasteiger partial charge is 0.248 e. The molecule has 0 aromatic heterocycles. The largest absolute Gasteiger partial charge is 0.339 e. The summed E-state index contributed by atoms with van der Waals surface area (Å²) in [6.45, 7) is 4.09. The van der Waals surface area contributed by atoms with Crippen molar-refractivity contribution in [2.45, 2.75) is 31.6 Å². The van der Waals surface area contributed by atoms with Crippen LogP contribution in [0.3, 0.4) is 0 Å². The second-order valence-corrected chi connectivity index (χ2v) is 6.15. The molecule has 0 bridgehead atoms. The maximum atomic E-state index is 13.4. The van der Waals surface area contributed by atoms with Gasteiger partial charge < -0.3 is 10.2 Å². The van der Waals surface area contributed by atoms with Crippen LogP contribution in [-0.4, -0.2) is 67.9 Å². The summed E-state index contributed by atoms with van der Waals surface area (Å²) in [5.74, 6) is -2.39. The van der Waals surface area contributed by atoms with Crippen molar-refractivity contribution in [3.05, 3.63) is 0 Å². The van der Waals surface area contributed by atoms with Crippen molar-refractivity contribution in [2.24, 2.45) is 5.92 Å². The number of nitrogens with zero attached hydrogens (tertiary/aromatic N) is 2. The molecule has 0 aromatic rings. The molecule has 1 N–H and O–H groups in total. The molecule has 1 aliphatic heterocycles. The van der Waals surface area contributed by atoms with E-state index in [2.05, 4.69) is 5.32 Å². The fourth-order valence-electron chi connectivity index (χ4n) is 3.18. The summed E-state index contributed by atoms with van der Waals surface area (Å²) in [7, 11) is 1.85. The number of hydrogen-bond donors (Lipinski definition) is 1. The Hall–Kier alpha value is -0.460. The highest BCUT2D eigenvalue weighted by Gasteiger charge is 2.36.